The van der Waals surface area contributed by atoms with Crippen molar-refractivity contribution in [2.24, 2.45) is 5.41 Å². The fraction of sp³-hybridized carbons (Fsp3) is 1.00. The quantitative estimate of drug-likeness (QED) is 0.582. The number of ether oxygens (including phenoxy) is 1. The van der Waals surface area contributed by atoms with Gasteiger partial charge in [0.25, 0.3) is 0 Å². The van der Waals surface area contributed by atoms with Gasteiger partial charge in [0.2, 0.25) is 0 Å². The molecule has 0 aromatic carbocycles. The summed E-state index contributed by atoms with van der Waals surface area (Å²) in [5.74, 6) is 0. The van der Waals surface area contributed by atoms with Crippen molar-refractivity contribution in [1.82, 2.24) is 5.32 Å². The van der Waals surface area contributed by atoms with Gasteiger partial charge in [-0.25, -0.2) is 0 Å². The van der Waals surface area contributed by atoms with Gasteiger partial charge in [0.1, 0.15) is 0 Å². The van der Waals surface area contributed by atoms with Gasteiger partial charge in [0.15, 0.2) is 0 Å². The van der Waals surface area contributed by atoms with Crippen LogP contribution in [0.3, 0.4) is 0 Å². The Morgan fingerprint density at radius 2 is 2.17 bits per heavy atom. The third-order valence-corrected chi connectivity index (χ3v) is 4.10. The van der Waals surface area contributed by atoms with Gasteiger partial charge in [0, 0.05) is 4.43 Å². The fourth-order valence-corrected chi connectivity index (χ4v) is 2.87. The van der Waals surface area contributed by atoms with Crippen LogP contribution in [0.1, 0.15) is 19.3 Å². The largest absolute Gasteiger partial charge is 0.377 e. The number of halogens is 1. The Bertz CT molecular complexity index is 157. The molecule has 2 aliphatic heterocycles. The maximum absolute atomic E-state index is 5.76. The molecule has 0 radical (unpaired) electrons. The minimum atomic E-state index is 0.545. The van der Waals surface area contributed by atoms with Crippen molar-refractivity contribution < 1.29 is 4.74 Å². The van der Waals surface area contributed by atoms with E-state index in [1.54, 1.807) is 0 Å². The highest BCUT2D eigenvalue weighted by Crippen LogP contribution is 2.40. The zero-order valence-electron chi connectivity index (χ0n) is 7.31. The minimum Gasteiger partial charge on any atom is -0.377 e. The van der Waals surface area contributed by atoms with E-state index in [4.69, 9.17) is 4.74 Å². The Kier molecular flexibility index (Phi) is 2.92. The third kappa shape index (κ3) is 1.77. The van der Waals surface area contributed by atoms with Gasteiger partial charge in [-0.3, -0.25) is 0 Å². The summed E-state index contributed by atoms with van der Waals surface area (Å²) < 4.78 is 6.92. The first kappa shape index (κ1) is 9.21. The molecule has 2 saturated heterocycles. The van der Waals surface area contributed by atoms with Crippen LogP contribution in [0.2, 0.25) is 0 Å². The summed E-state index contributed by atoms with van der Waals surface area (Å²) in [6.07, 6.45) is 4.49. The topological polar surface area (TPSA) is 21.3 Å². The fourth-order valence-electron chi connectivity index (χ4n) is 2.30. The number of hydrogen-bond acceptors (Lipinski definition) is 2. The normalized spacial score (nSPS) is 34.2. The van der Waals surface area contributed by atoms with Gasteiger partial charge in [-0.1, -0.05) is 22.6 Å². The van der Waals surface area contributed by atoms with E-state index in [9.17, 15) is 0 Å². The van der Waals surface area contributed by atoms with Crippen LogP contribution in [0.25, 0.3) is 0 Å². The molecular formula is C9H16INO. The van der Waals surface area contributed by atoms with Crippen LogP contribution in [-0.2, 0) is 4.74 Å². The van der Waals surface area contributed by atoms with Crippen molar-refractivity contribution >= 4 is 22.6 Å². The van der Waals surface area contributed by atoms with E-state index < -0.39 is 0 Å². The lowest BCUT2D eigenvalue weighted by Crippen LogP contribution is -2.37. The lowest BCUT2D eigenvalue weighted by molar-refractivity contribution is 0.0984. The van der Waals surface area contributed by atoms with E-state index >= 15 is 0 Å². The van der Waals surface area contributed by atoms with Crippen molar-refractivity contribution in [3.63, 3.8) is 0 Å². The predicted molar refractivity (Wildman–Crippen MR) is 57.8 cm³/mol. The average molecular weight is 281 g/mol. The Hall–Kier alpha value is 0.650. The van der Waals surface area contributed by atoms with Crippen LogP contribution in [-0.4, -0.2) is 30.2 Å². The third-order valence-electron chi connectivity index (χ3n) is 3.12. The molecule has 0 aromatic rings. The van der Waals surface area contributed by atoms with E-state index in [-0.39, 0.29) is 0 Å². The van der Waals surface area contributed by atoms with Crippen LogP contribution in [0, 0.1) is 5.41 Å². The second kappa shape index (κ2) is 3.80. The van der Waals surface area contributed by atoms with E-state index in [2.05, 4.69) is 27.9 Å². The van der Waals surface area contributed by atoms with Gasteiger partial charge in [-0.15, -0.1) is 0 Å². The smallest absolute Gasteiger partial charge is 0.0670 e. The van der Waals surface area contributed by atoms with Crippen molar-refractivity contribution in [3.05, 3.63) is 0 Å². The molecule has 2 fully saturated rings. The van der Waals surface area contributed by atoms with Crippen LogP contribution in [0.15, 0.2) is 0 Å². The molecule has 0 aliphatic carbocycles. The first-order valence-corrected chi connectivity index (χ1v) is 6.26. The molecule has 0 saturated carbocycles. The number of hydrogen-bond donors (Lipinski definition) is 1. The zero-order chi connectivity index (χ0) is 8.44. The zero-order valence-corrected chi connectivity index (χ0v) is 9.47. The average Bonchev–Trinajstić information content (AvgIpc) is 2.50. The van der Waals surface area contributed by atoms with Gasteiger partial charge in [-0.2, -0.15) is 0 Å². The molecule has 0 amide bonds. The molecule has 12 heavy (non-hydrogen) atoms. The summed E-state index contributed by atoms with van der Waals surface area (Å²) in [7, 11) is 0. The molecule has 1 atom stereocenters. The first-order chi connectivity index (χ1) is 5.85. The first-order valence-electron chi connectivity index (χ1n) is 4.73. The molecule has 0 unspecified atom stereocenters. The molecule has 70 valence electrons. The molecule has 0 aromatic heterocycles. The lowest BCUT2D eigenvalue weighted by Gasteiger charge is -2.32. The molecule has 2 heterocycles. The maximum Gasteiger partial charge on any atom is 0.0670 e. The van der Waals surface area contributed by atoms with Gasteiger partial charge < -0.3 is 10.1 Å². The summed E-state index contributed by atoms with van der Waals surface area (Å²) in [5.41, 5.74) is 0.557. The van der Waals surface area contributed by atoms with Crippen molar-refractivity contribution in [3.8, 4) is 0 Å². The second-order valence-corrected chi connectivity index (χ2v) is 4.92. The Labute approximate surface area is 87.6 Å². The molecule has 2 aliphatic rings. The number of piperidine rings is 1. The molecule has 0 bridgehead atoms. The Morgan fingerprint density at radius 1 is 1.42 bits per heavy atom. The van der Waals surface area contributed by atoms with Crippen molar-refractivity contribution in [2.45, 2.75) is 25.4 Å². The highest BCUT2D eigenvalue weighted by molar-refractivity contribution is 14.1. The molecule has 1 spiro atoms. The molecule has 2 rings (SSSR count). The highest BCUT2D eigenvalue weighted by atomic mass is 127. The SMILES string of the molecule is IC[C@@H]1CC2(CCNCC2)CO1. The van der Waals surface area contributed by atoms with E-state index in [1.165, 1.54) is 32.4 Å². The molecule has 1 N–H and O–H groups in total. The van der Waals surface area contributed by atoms with E-state index in [0.717, 1.165) is 11.0 Å². The predicted octanol–water partition coefficient (Wildman–Crippen LogP) is 1.58. The van der Waals surface area contributed by atoms with E-state index in [0.29, 0.717) is 11.5 Å². The van der Waals surface area contributed by atoms with E-state index in [1.807, 2.05) is 0 Å². The number of nitrogens with one attached hydrogen (secondary N) is 1. The summed E-state index contributed by atoms with van der Waals surface area (Å²) in [6.45, 7) is 3.40. The minimum absolute atomic E-state index is 0.545. The molecule has 3 heteroatoms. The van der Waals surface area contributed by atoms with Crippen LogP contribution < -0.4 is 5.32 Å². The molecular weight excluding hydrogens is 265 g/mol. The highest BCUT2D eigenvalue weighted by Gasteiger charge is 2.40. The lowest BCUT2D eigenvalue weighted by atomic mass is 9.77. The summed E-state index contributed by atoms with van der Waals surface area (Å²) in [4.78, 5) is 0. The van der Waals surface area contributed by atoms with Gasteiger partial charge in [0.05, 0.1) is 12.7 Å². The Balaban J connectivity index is 1.94. The van der Waals surface area contributed by atoms with Crippen LogP contribution in [0.4, 0.5) is 0 Å². The van der Waals surface area contributed by atoms with Gasteiger partial charge >= 0.3 is 0 Å². The van der Waals surface area contributed by atoms with Crippen LogP contribution in [0.5, 0.6) is 0 Å². The number of rotatable bonds is 1. The summed E-state index contributed by atoms with van der Waals surface area (Å²) >= 11 is 2.43. The van der Waals surface area contributed by atoms with Gasteiger partial charge in [-0.05, 0) is 37.8 Å². The Morgan fingerprint density at radius 3 is 2.75 bits per heavy atom. The second-order valence-electron chi connectivity index (χ2n) is 4.04. The molecule has 2 nitrogen and oxygen atoms in total. The standard InChI is InChI=1S/C9H16INO/c10-6-8-5-9(7-12-8)1-3-11-4-2-9/h8,11H,1-7H2/t8-/m0/s1. The maximum atomic E-state index is 5.76. The monoisotopic (exact) mass is 281 g/mol. The number of alkyl halides is 1. The van der Waals surface area contributed by atoms with Crippen molar-refractivity contribution in [1.29, 1.82) is 0 Å². The van der Waals surface area contributed by atoms with Crippen molar-refractivity contribution in [2.75, 3.05) is 24.1 Å². The summed E-state index contributed by atoms with van der Waals surface area (Å²) in [5, 5.41) is 3.41. The van der Waals surface area contributed by atoms with Crippen LogP contribution >= 0.6 is 22.6 Å². The summed E-state index contributed by atoms with van der Waals surface area (Å²) in [6, 6.07) is 0.